The van der Waals surface area contributed by atoms with Gasteiger partial charge in [-0.2, -0.15) is 11.8 Å². The Morgan fingerprint density at radius 1 is 1.29 bits per heavy atom. The second-order valence-electron chi connectivity index (χ2n) is 5.79. The average Bonchev–Trinajstić information content (AvgIpc) is 2.83. The van der Waals surface area contributed by atoms with Crippen LogP contribution >= 0.6 is 24.0 Å². The van der Waals surface area contributed by atoms with Crippen molar-refractivity contribution in [1.29, 1.82) is 0 Å². The molecular weight excluding hydrogens is 302 g/mol. The Labute approximate surface area is 135 Å². The third-order valence-corrected chi connectivity index (χ3v) is 4.14. The SMILES string of the molecule is CC(C)(C)c1ccccc1OCCSCc1c[nH]c(=S)o1. The Hall–Kier alpha value is -1.20. The molecule has 0 saturated heterocycles. The van der Waals surface area contributed by atoms with Gasteiger partial charge < -0.3 is 14.1 Å². The molecule has 0 spiro atoms. The van der Waals surface area contributed by atoms with Crippen molar-refractivity contribution in [3.8, 4) is 5.75 Å². The van der Waals surface area contributed by atoms with Crippen LogP contribution in [0, 0.1) is 4.84 Å². The molecule has 0 radical (unpaired) electrons. The molecule has 0 amide bonds. The number of hydrogen-bond donors (Lipinski definition) is 1. The zero-order valence-corrected chi connectivity index (χ0v) is 14.3. The monoisotopic (exact) mass is 323 g/mol. The van der Waals surface area contributed by atoms with Gasteiger partial charge in [0.1, 0.15) is 11.5 Å². The lowest BCUT2D eigenvalue weighted by molar-refractivity contribution is 0.333. The Morgan fingerprint density at radius 2 is 2.05 bits per heavy atom. The molecule has 0 saturated carbocycles. The molecule has 1 aromatic carbocycles. The first-order valence-electron chi connectivity index (χ1n) is 6.94. The van der Waals surface area contributed by atoms with E-state index in [1.807, 2.05) is 18.3 Å². The quantitative estimate of drug-likeness (QED) is 0.603. The second-order valence-corrected chi connectivity index (χ2v) is 7.27. The Bertz CT molecular complexity index is 625. The van der Waals surface area contributed by atoms with Crippen LogP contribution in [0.25, 0.3) is 0 Å². The van der Waals surface area contributed by atoms with Crippen molar-refractivity contribution < 1.29 is 9.15 Å². The summed E-state index contributed by atoms with van der Waals surface area (Å²) in [5, 5.41) is 0. The predicted octanol–water partition coefficient (Wildman–Crippen LogP) is 4.95. The van der Waals surface area contributed by atoms with Crippen LogP contribution in [0.3, 0.4) is 0 Å². The first-order chi connectivity index (χ1) is 9.97. The van der Waals surface area contributed by atoms with Gasteiger partial charge in [-0.1, -0.05) is 39.0 Å². The highest BCUT2D eigenvalue weighted by molar-refractivity contribution is 7.98. The largest absolute Gasteiger partial charge is 0.492 e. The van der Waals surface area contributed by atoms with Gasteiger partial charge in [-0.25, -0.2) is 0 Å². The molecule has 21 heavy (non-hydrogen) atoms. The summed E-state index contributed by atoms with van der Waals surface area (Å²) in [5.41, 5.74) is 1.33. The summed E-state index contributed by atoms with van der Waals surface area (Å²) in [6.45, 7) is 7.28. The van der Waals surface area contributed by atoms with Crippen molar-refractivity contribution in [2.45, 2.75) is 31.9 Å². The van der Waals surface area contributed by atoms with Gasteiger partial charge in [-0.05, 0) is 29.3 Å². The number of aromatic amines is 1. The molecule has 0 bridgehead atoms. The van der Waals surface area contributed by atoms with Gasteiger partial charge in [-0.3, -0.25) is 0 Å². The summed E-state index contributed by atoms with van der Waals surface area (Å²) in [5.74, 6) is 3.56. The van der Waals surface area contributed by atoms with E-state index in [0.29, 0.717) is 11.4 Å². The molecule has 1 heterocycles. The van der Waals surface area contributed by atoms with E-state index in [1.165, 1.54) is 5.56 Å². The first-order valence-corrected chi connectivity index (χ1v) is 8.50. The summed E-state index contributed by atoms with van der Waals surface area (Å²) >= 11 is 6.66. The molecule has 3 nitrogen and oxygen atoms in total. The maximum atomic E-state index is 5.93. The molecule has 0 atom stereocenters. The number of hydrogen-bond acceptors (Lipinski definition) is 4. The molecule has 0 aliphatic rings. The van der Waals surface area contributed by atoms with Gasteiger partial charge in [0.25, 0.3) is 4.84 Å². The van der Waals surface area contributed by atoms with Crippen molar-refractivity contribution in [3.05, 3.63) is 46.6 Å². The van der Waals surface area contributed by atoms with Crippen LogP contribution in [0.4, 0.5) is 0 Å². The predicted molar refractivity (Wildman–Crippen MR) is 90.7 cm³/mol. The van der Waals surface area contributed by atoms with E-state index in [9.17, 15) is 0 Å². The van der Waals surface area contributed by atoms with E-state index < -0.39 is 0 Å². The van der Waals surface area contributed by atoms with Gasteiger partial charge in [0.2, 0.25) is 0 Å². The van der Waals surface area contributed by atoms with Gasteiger partial charge in [0.05, 0.1) is 12.4 Å². The first kappa shape index (κ1) is 16.2. The van der Waals surface area contributed by atoms with Crippen molar-refractivity contribution in [2.24, 2.45) is 0 Å². The van der Waals surface area contributed by atoms with E-state index >= 15 is 0 Å². The smallest absolute Gasteiger partial charge is 0.266 e. The van der Waals surface area contributed by atoms with Crippen LogP contribution in [0.2, 0.25) is 0 Å². The molecule has 114 valence electrons. The van der Waals surface area contributed by atoms with Crippen molar-refractivity contribution in [2.75, 3.05) is 12.4 Å². The van der Waals surface area contributed by atoms with Gasteiger partial charge in [-0.15, -0.1) is 0 Å². The highest BCUT2D eigenvalue weighted by Crippen LogP contribution is 2.31. The normalized spacial score (nSPS) is 11.6. The lowest BCUT2D eigenvalue weighted by Gasteiger charge is -2.22. The summed E-state index contributed by atoms with van der Waals surface area (Å²) in [4.78, 5) is 3.29. The van der Waals surface area contributed by atoms with Crippen LogP contribution in [-0.4, -0.2) is 17.3 Å². The molecule has 1 N–H and O–H groups in total. The lowest BCUT2D eigenvalue weighted by atomic mass is 9.86. The Morgan fingerprint density at radius 3 is 2.71 bits per heavy atom. The van der Waals surface area contributed by atoms with Gasteiger partial charge >= 0.3 is 0 Å². The van der Waals surface area contributed by atoms with Crippen molar-refractivity contribution in [1.82, 2.24) is 4.98 Å². The number of nitrogens with one attached hydrogen (secondary N) is 1. The lowest BCUT2D eigenvalue weighted by Crippen LogP contribution is -2.14. The number of aromatic nitrogens is 1. The number of para-hydroxylation sites is 1. The van der Waals surface area contributed by atoms with Crippen LogP contribution in [0.5, 0.6) is 5.75 Å². The standard InChI is InChI=1S/C16H21NO2S2/c1-16(2,3)13-6-4-5-7-14(13)18-8-9-21-11-12-10-17-15(20)19-12/h4-7,10H,8-9,11H2,1-3H3,(H,17,20). The topological polar surface area (TPSA) is 38.2 Å². The number of ether oxygens (including phenoxy) is 1. The molecule has 0 fully saturated rings. The molecule has 0 aliphatic heterocycles. The maximum Gasteiger partial charge on any atom is 0.266 e. The molecule has 5 heteroatoms. The van der Waals surface area contributed by atoms with Gasteiger partial charge in [0, 0.05) is 11.9 Å². The third-order valence-electron chi connectivity index (χ3n) is 3.00. The minimum absolute atomic E-state index is 0.0909. The number of benzene rings is 1. The fraction of sp³-hybridized carbons (Fsp3) is 0.438. The van der Waals surface area contributed by atoms with E-state index in [-0.39, 0.29) is 5.41 Å². The Kier molecular flexibility index (Phi) is 5.53. The number of H-pyrrole nitrogens is 1. The van der Waals surface area contributed by atoms with Crippen LogP contribution < -0.4 is 4.74 Å². The summed E-state index contributed by atoms with van der Waals surface area (Å²) in [6.07, 6.45) is 1.81. The molecule has 0 aliphatic carbocycles. The molecule has 2 rings (SSSR count). The third kappa shape index (κ3) is 4.93. The molecule has 0 unspecified atom stereocenters. The fourth-order valence-electron chi connectivity index (χ4n) is 1.98. The van der Waals surface area contributed by atoms with Crippen molar-refractivity contribution >= 4 is 24.0 Å². The Balaban J connectivity index is 1.80. The number of thioether (sulfide) groups is 1. The van der Waals surface area contributed by atoms with E-state index in [1.54, 1.807) is 11.8 Å². The zero-order chi connectivity index (χ0) is 15.3. The van der Waals surface area contributed by atoms with E-state index in [4.69, 9.17) is 21.4 Å². The molecule has 1 aromatic heterocycles. The summed E-state index contributed by atoms with van der Waals surface area (Å²) < 4.78 is 11.2. The van der Waals surface area contributed by atoms with E-state index in [2.05, 4.69) is 37.9 Å². The fourth-order valence-corrected chi connectivity index (χ4v) is 2.84. The average molecular weight is 323 g/mol. The van der Waals surface area contributed by atoms with Gasteiger partial charge in [0.15, 0.2) is 0 Å². The number of rotatable bonds is 6. The van der Waals surface area contributed by atoms with Crippen molar-refractivity contribution in [3.63, 3.8) is 0 Å². The summed E-state index contributed by atoms with van der Waals surface area (Å²) in [6, 6.07) is 8.24. The van der Waals surface area contributed by atoms with E-state index in [0.717, 1.165) is 23.0 Å². The highest BCUT2D eigenvalue weighted by atomic mass is 32.2. The summed E-state index contributed by atoms with van der Waals surface area (Å²) in [7, 11) is 0. The molecule has 2 aromatic rings. The minimum atomic E-state index is 0.0909. The van der Waals surface area contributed by atoms with Crippen LogP contribution in [0.1, 0.15) is 32.1 Å². The van der Waals surface area contributed by atoms with Crippen LogP contribution in [0.15, 0.2) is 34.9 Å². The number of oxazole rings is 1. The maximum absolute atomic E-state index is 5.93. The minimum Gasteiger partial charge on any atom is -0.492 e. The zero-order valence-electron chi connectivity index (χ0n) is 12.6. The second kappa shape index (κ2) is 7.18. The van der Waals surface area contributed by atoms with Crippen LogP contribution in [-0.2, 0) is 11.2 Å². The molecular formula is C16H21NO2S2. The highest BCUT2D eigenvalue weighted by Gasteiger charge is 2.18.